The first-order valence-electron chi connectivity index (χ1n) is 4.90. The van der Waals surface area contributed by atoms with Gasteiger partial charge < -0.3 is 5.11 Å². The van der Waals surface area contributed by atoms with Crippen LogP contribution in [-0.2, 0) is 6.42 Å². The van der Waals surface area contributed by atoms with Gasteiger partial charge in [0.15, 0.2) is 0 Å². The van der Waals surface area contributed by atoms with Crippen LogP contribution < -0.4 is 0 Å². The van der Waals surface area contributed by atoms with Crippen LogP contribution >= 0.6 is 22.9 Å². The van der Waals surface area contributed by atoms with Gasteiger partial charge >= 0.3 is 0 Å². The summed E-state index contributed by atoms with van der Waals surface area (Å²) < 4.78 is 0.803. The average molecular weight is 231 g/mol. The van der Waals surface area contributed by atoms with Crippen LogP contribution in [0.15, 0.2) is 12.1 Å². The minimum atomic E-state index is -0.582. The summed E-state index contributed by atoms with van der Waals surface area (Å²) in [5, 5.41) is 10.3. The van der Waals surface area contributed by atoms with Crippen molar-refractivity contribution in [1.82, 2.24) is 0 Å². The molecule has 0 aromatic carbocycles. The molecule has 1 atom stereocenters. The van der Waals surface area contributed by atoms with Gasteiger partial charge in [-0.05, 0) is 37.3 Å². The monoisotopic (exact) mass is 230 g/mol. The minimum Gasteiger partial charge on any atom is -0.389 e. The Balaban J connectivity index is 2.10. The molecule has 3 heteroatoms. The fourth-order valence-electron chi connectivity index (χ4n) is 1.73. The SMILES string of the molecule is CC(O)(Cc1ccc(Cl)s1)C1(C)CC1. The van der Waals surface area contributed by atoms with E-state index < -0.39 is 5.60 Å². The molecule has 1 heterocycles. The van der Waals surface area contributed by atoms with Gasteiger partial charge in [0.1, 0.15) is 0 Å². The van der Waals surface area contributed by atoms with Crippen LogP contribution in [0.5, 0.6) is 0 Å². The lowest BCUT2D eigenvalue weighted by Crippen LogP contribution is -2.36. The van der Waals surface area contributed by atoms with Crippen molar-refractivity contribution in [2.75, 3.05) is 0 Å². The Morgan fingerprint density at radius 1 is 1.57 bits per heavy atom. The standard InChI is InChI=1S/C11H15ClOS/c1-10(5-6-10)11(2,13)7-8-3-4-9(12)14-8/h3-4,13H,5-7H2,1-2H3. The Morgan fingerprint density at radius 2 is 2.21 bits per heavy atom. The summed E-state index contributed by atoms with van der Waals surface area (Å²) in [6.45, 7) is 4.09. The number of halogens is 1. The zero-order valence-corrected chi connectivity index (χ0v) is 10.1. The van der Waals surface area contributed by atoms with Gasteiger partial charge in [0.05, 0.1) is 9.94 Å². The predicted octanol–water partition coefficient (Wildman–Crippen LogP) is 3.50. The van der Waals surface area contributed by atoms with Crippen molar-refractivity contribution < 1.29 is 5.11 Å². The molecule has 1 N–H and O–H groups in total. The molecule has 1 aliphatic rings. The molecule has 1 aromatic heterocycles. The molecule has 0 aliphatic heterocycles. The molecule has 0 saturated heterocycles. The first-order valence-corrected chi connectivity index (χ1v) is 6.09. The molecule has 1 saturated carbocycles. The van der Waals surface area contributed by atoms with Crippen molar-refractivity contribution in [3.63, 3.8) is 0 Å². The summed E-state index contributed by atoms with van der Waals surface area (Å²) in [6, 6.07) is 3.90. The van der Waals surface area contributed by atoms with Gasteiger partial charge in [-0.15, -0.1) is 11.3 Å². The summed E-state index contributed by atoms with van der Waals surface area (Å²) in [5.74, 6) is 0. The van der Waals surface area contributed by atoms with Gasteiger partial charge in [0.25, 0.3) is 0 Å². The average Bonchev–Trinajstić information content (AvgIpc) is 2.70. The summed E-state index contributed by atoms with van der Waals surface area (Å²) >= 11 is 7.42. The molecule has 0 spiro atoms. The lowest BCUT2D eigenvalue weighted by Gasteiger charge is -2.30. The van der Waals surface area contributed by atoms with Crippen LogP contribution in [0, 0.1) is 5.41 Å². The second kappa shape index (κ2) is 3.22. The molecule has 0 amide bonds. The second-order valence-electron chi connectivity index (χ2n) is 4.72. The zero-order valence-electron chi connectivity index (χ0n) is 8.51. The number of rotatable bonds is 3. The Morgan fingerprint density at radius 3 is 2.64 bits per heavy atom. The van der Waals surface area contributed by atoms with Crippen molar-refractivity contribution in [2.24, 2.45) is 5.41 Å². The van der Waals surface area contributed by atoms with E-state index >= 15 is 0 Å². The van der Waals surface area contributed by atoms with E-state index in [2.05, 4.69) is 6.92 Å². The van der Waals surface area contributed by atoms with Crippen LogP contribution in [0.1, 0.15) is 31.6 Å². The van der Waals surface area contributed by atoms with Gasteiger partial charge in [0, 0.05) is 11.3 Å². The predicted molar refractivity (Wildman–Crippen MR) is 61.0 cm³/mol. The van der Waals surface area contributed by atoms with E-state index in [1.807, 2.05) is 19.1 Å². The van der Waals surface area contributed by atoms with Gasteiger partial charge in [-0.2, -0.15) is 0 Å². The van der Waals surface area contributed by atoms with Crippen molar-refractivity contribution in [3.05, 3.63) is 21.3 Å². The third-order valence-corrected chi connectivity index (χ3v) is 4.68. The highest BCUT2D eigenvalue weighted by Crippen LogP contribution is 2.54. The molecule has 1 aromatic rings. The number of hydrogen-bond acceptors (Lipinski definition) is 2. The summed E-state index contributed by atoms with van der Waals surface area (Å²) in [5.41, 5.74) is -0.454. The van der Waals surface area contributed by atoms with Crippen LogP contribution in [-0.4, -0.2) is 10.7 Å². The highest BCUT2D eigenvalue weighted by atomic mass is 35.5. The fraction of sp³-hybridized carbons (Fsp3) is 0.636. The van der Waals surface area contributed by atoms with E-state index in [-0.39, 0.29) is 5.41 Å². The van der Waals surface area contributed by atoms with Gasteiger partial charge in [-0.3, -0.25) is 0 Å². The smallest absolute Gasteiger partial charge is 0.0931 e. The van der Waals surface area contributed by atoms with E-state index in [1.54, 1.807) is 11.3 Å². The molecule has 1 fully saturated rings. The molecule has 14 heavy (non-hydrogen) atoms. The van der Waals surface area contributed by atoms with Crippen molar-refractivity contribution >= 4 is 22.9 Å². The van der Waals surface area contributed by atoms with E-state index in [0.29, 0.717) is 0 Å². The number of thiophene rings is 1. The van der Waals surface area contributed by atoms with Gasteiger partial charge in [0.2, 0.25) is 0 Å². The summed E-state index contributed by atoms with van der Waals surface area (Å²) in [6.07, 6.45) is 3.00. The Labute approximate surface area is 93.7 Å². The molecule has 0 radical (unpaired) electrons. The maximum absolute atomic E-state index is 10.3. The quantitative estimate of drug-likeness (QED) is 0.843. The van der Waals surface area contributed by atoms with Crippen molar-refractivity contribution in [1.29, 1.82) is 0 Å². The van der Waals surface area contributed by atoms with Gasteiger partial charge in [-0.1, -0.05) is 18.5 Å². The lowest BCUT2D eigenvalue weighted by atomic mass is 9.84. The zero-order chi connectivity index (χ0) is 10.4. The number of aliphatic hydroxyl groups is 1. The third-order valence-electron chi connectivity index (χ3n) is 3.45. The second-order valence-corrected chi connectivity index (χ2v) is 6.52. The van der Waals surface area contributed by atoms with Crippen LogP contribution in [0.3, 0.4) is 0 Å². The Hall–Kier alpha value is -0.0500. The summed E-state index contributed by atoms with van der Waals surface area (Å²) in [4.78, 5) is 1.17. The van der Waals surface area contributed by atoms with E-state index in [0.717, 1.165) is 23.6 Å². The van der Waals surface area contributed by atoms with Gasteiger partial charge in [-0.25, -0.2) is 0 Å². The summed E-state index contributed by atoms with van der Waals surface area (Å²) in [7, 11) is 0. The van der Waals surface area contributed by atoms with Crippen LogP contribution in [0.2, 0.25) is 4.34 Å². The molecule has 0 bridgehead atoms. The highest BCUT2D eigenvalue weighted by molar-refractivity contribution is 7.16. The molecular formula is C11H15ClOS. The van der Waals surface area contributed by atoms with Crippen molar-refractivity contribution in [2.45, 2.75) is 38.7 Å². The maximum Gasteiger partial charge on any atom is 0.0931 e. The normalized spacial score (nSPS) is 23.1. The Bertz CT molecular complexity index is 339. The van der Waals surface area contributed by atoms with Crippen LogP contribution in [0.4, 0.5) is 0 Å². The first-order chi connectivity index (χ1) is 6.43. The van der Waals surface area contributed by atoms with E-state index in [4.69, 9.17) is 11.6 Å². The minimum absolute atomic E-state index is 0.128. The maximum atomic E-state index is 10.3. The number of hydrogen-bond donors (Lipinski definition) is 1. The van der Waals surface area contributed by atoms with E-state index in [9.17, 15) is 5.11 Å². The largest absolute Gasteiger partial charge is 0.389 e. The first kappa shape index (κ1) is 10.5. The third kappa shape index (κ3) is 1.83. The van der Waals surface area contributed by atoms with E-state index in [1.165, 1.54) is 4.88 Å². The topological polar surface area (TPSA) is 20.2 Å². The highest BCUT2D eigenvalue weighted by Gasteiger charge is 2.52. The molecule has 2 rings (SSSR count). The lowest BCUT2D eigenvalue weighted by molar-refractivity contribution is -0.00632. The Kier molecular flexibility index (Phi) is 2.41. The molecule has 1 nitrogen and oxygen atoms in total. The molecular weight excluding hydrogens is 216 g/mol. The molecule has 1 unspecified atom stereocenters. The molecule has 1 aliphatic carbocycles. The van der Waals surface area contributed by atoms with Crippen molar-refractivity contribution in [3.8, 4) is 0 Å². The fourth-order valence-corrected chi connectivity index (χ4v) is 2.96. The molecule has 78 valence electrons. The van der Waals surface area contributed by atoms with Crippen LogP contribution in [0.25, 0.3) is 0 Å².